The van der Waals surface area contributed by atoms with Gasteiger partial charge in [-0.2, -0.15) is 0 Å². The molecular weight excluding hydrogens is 220 g/mol. The molecule has 4 aliphatic rings. The lowest BCUT2D eigenvalue weighted by molar-refractivity contribution is 0.241. The lowest BCUT2D eigenvalue weighted by Crippen LogP contribution is -2.43. The molecule has 1 N–H and O–H groups in total. The molecule has 0 spiro atoms. The lowest BCUT2D eigenvalue weighted by atomic mass is 9.82. The second-order valence-electron chi connectivity index (χ2n) is 7.34. The Morgan fingerprint density at radius 2 is 1.67 bits per heavy atom. The first-order valence-corrected chi connectivity index (χ1v) is 8.38. The molecule has 3 aliphatic carbocycles. The van der Waals surface area contributed by atoms with Crippen LogP contribution in [0.4, 0.5) is 0 Å². The van der Waals surface area contributed by atoms with Gasteiger partial charge in [-0.25, -0.2) is 0 Å². The second-order valence-corrected chi connectivity index (χ2v) is 7.34. The summed E-state index contributed by atoms with van der Waals surface area (Å²) in [6.45, 7) is 2.70. The molecule has 0 bridgehead atoms. The molecule has 0 radical (unpaired) electrons. The molecule has 1 saturated heterocycles. The summed E-state index contributed by atoms with van der Waals surface area (Å²) in [5.74, 6) is 2.21. The van der Waals surface area contributed by atoms with Crippen molar-refractivity contribution in [1.82, 2.24) is 10.2 Å². The van der Waals surface area contributed by atoms with Crippen LogP contribution in [-0.4, -0.2) is 36.1 Å². The van der Waals surface area contributed by atoms with Gasteiger partial charge in [0, 0.05) is 31.2 Å². The summed E-state index contributed by atoms with van der Waals surface area (Å²) >= 11 is 0. The van der Waals surface area contributed by atoms with Gasteiger partial charge in [0.2, 0.25) is 0 Å². The van der Waals surface area contributed by atoms with Crippen LogP contribution in [0.25, 0.3) is 0 Å². The van der Waals surface area contributed by atoms with Crippen molar-refractivity contribution in [3.05, 3.63) is 0 Å². The summed E-state index contributed by atoms with van der Waals surface area (Å²) in [6, 6.07) is 2.64. The van der Waals surface area contributed by atoms with Gasteiger partial charge < -0.3 is 5.32 Å². The summed E-state index contributed by atoms with van der Waals surface area (Å²) in [5, 5.41) is 4.00. The maximum absolute atomic E-state index is 4.00. The lowest BCUT2D eigenvalue weighted by Gasteiger charge is -2.32. The highest BCUT2D eigenvalue weighted by molar-refractivity contribution is 4.94. The Hall–Kier alpha value is -0.0800. The molecule has 0 amide bonds. The van der Waals surface area contributed by atoms with Crippen LogP contribution in [0.1, 0.15) is 57.8 Å². The van der Waals surface area contributed by atoms with Crippen molar-refractivity contribution in [2.75, 3.05) is 13.1 Å². The Bertz CT molecular complexity index is 295. The maximum Gasteiger partial charge on any atom is 0.0209 e. The van der Waals surface area contributed by atoms with Gasteiger partial charge in [-0.1, -0.05) is 12.8 Å². The number of rotatable bonds is 4. The van der Waals surface area contributed by atoms with E-state index in [-0.39, 0.29) is 0 Å². The van der Waals surface area contributed by atoms with E-state index in [1.54, 1.807) is 0 Å². The normalized spacial score (nSPS) is 42.3. The third-order valence-corrected chi connectivity index (χ3v) is 5.76. The van der Waals surface area contributed by atoms with Crippen LogP contribution < -0.4 is 5.32 Å². The summed E-state index contributed by atoms with van der Waals surface area (Å²) in [7, 11) is 0. The Balaban J connectivity index is 1.26. The first kappa shape index (κ1) is 11.7. The van der Waals surface area contributed by atoms with Gasteiger partial charge in [0.1, 0.15) is 0 Å². The molecule has 102 valence electrons. The smallest absolute Gasteiger partial charge is 0.0209 e. The van der Waals surface area contributed by atoms with E-state index >= 15 is 0 Å². The van der Waals surface area contributed by atoms with Crippen molar-refractivity contribution >= 4 is 0 Å². The summed E-state index contributed by atoms with van der Waals surface area (Å²) in [5.41, 5.74) is 0. The Morgan fingerprint density at radius 3 is 2.44 bits per heavy atom. The van der Waals surface area contributed by atoms with Crippen molar-refractivity contribution in [3.63, 3.8) is 0 Å². The average Bonchev–Trinajstić information content (AvgIpc) is 3.29. The molecule has 1 heterocycles. The number of hydrogen-bond donors (Lipinski definition) is 1. The molecule has 3 unspecified atom stereocenters. The third kappa shape index (κ3) is 2.60. The molecule has 3 atom stereocenters. The van der Waals surface area contributed by atoms with Crippen molar-refractivity contribution in [3.8, 4) is 0 Å². The minimum atomic E-state index is 0.813. The fourth-order valence-electron chi connectivity index (χ4n) is 4.40. The number of hydrogen-bond acceptors (Lipinski definition) is 2. The standard InChI is InChI=1S/C16H28N2/c1-2-13(12-4-5-12)10-14(3-1)17-15-8-9-18(11-15)16-6-7-16/h12-17H,1-11H2. The minimum absolute atomic E-state index is 0.813. The zero-order valence-electron chi connectivity index (χ0n) is 11.6. The van der Waals surface area contributed by atoms with Gasteiger partial charge in [-0.3, -0.25) is 4.90 Å². The first-order valence-electron chi connectivity index (χ1n) is 8.38. The van der Waals surface area contributed by atoms with E-state index in [4.69, 9.17) is 0 Å². The van der Waals surface area contributed by atoms with Gasteiger partial charge in [-0.15, -0.1) is 0 Å². The quantitative estimate of drug-likeness (QED) is 0.823. The topological polar surface area (TPSA) is 15.3 Å². The SMILES string of the molecule is C1CC(NC2CCN(C3CC3)C2)CC(C2CC2)C1. The van der Waals surface area contributed by atoms with Gasteiger partial charge in [0.05, 0.1) is 0 Å². The van der Waals surface area contributed by atoms with Crippen molar-refractivity contribution < 1.29 is 0 Å². The molecule has 0 aromatic carbocycles. The van der Waals surface area contributed by atoms with Crippen LogP contribution in [0.2, 0.25) is 0 Å². The third-order valence-electron chi connectivity index (χ3n) is 5.76. The van der Waals surface area contributed by atoms with E-state index < -0.39 is 0 Å². The van der Waals surface area contributed by atoms with Crippen LogP contribution in [0, 0.1) is 11.8 Å². The van der Waals surface area contributed by atoms with E-state index in [9.17, 15) is 0 Å². The van der Waals surface area contributed by atoms with E-state index in [1.807, 2.05) is 0 Å². The number of nitrogens with zero attached hydrogens (tertiary/aromatic N) is 1. The fraction of sp³-hybridized carbons (Fsp3) is 1.00. The van der Waals surface area contributed by atoms with E-state index in [1.165, 1.54) is 70.9 Å². The van der Waals surface area contributed by atoms with Gasteiger partial charge in [0.15, 0.2) is 0 Å². The predicted molar refractivity (Wildman–Crippen MR) is 74.6 cm³/mol. The van der Waals surface area contributed by atoms with E-state index in [0.29, 0.717) is 0 Å². The van der Waals surface area contributed by atoms with E-state index in [0.717, 1.165) is 30.0 Å². The monoisotopic (exact) mass is 248 g/mol. The molecule has 4 rings (SSSR count). The minimum Gasteiger partial charge on any atom is -0.310 e. The summed E-state index contributed by atoms with van der Waals surface area (Å²) in [4.78, 5) is 2.73. The van der Waals surface area contributed by atoms with Crippen molar-refractivity contribution in [1.29, 1.82) is 0 Å². The largest absolute Gasteiger partial charge is 0.310 e. The van der Waals surface area contributed by atoms with Gasteiger partial charge in [0.25, 0.3) is 0 Å². The summed E-state index contributed by atoms with van der Waals surface area (Å²) in [6.07, 6.45) is 13.4. The molecule has 18 heavy (non-hydrogen) atoms. The number of likely N-dealkylation sites (tertiary alicyclic amines) is 1. The van der Waals surface area contributed by atoms with Crippen LogP contribution in [0.3, 0.4) is 0 Å². The van der Waals surface area contributed by atoms with E-state index in [2.05, 4.69) is 10.2 Å². The highest BCUT2D eigenvalue weighted by atomic mass is 15.2. The number of nitrogens with one attached hydrogen (secondary N) is 1. The molecule has 1 aliphatic heterocycles. The highest BCUT2D eigenvalue weighted by Gasteiger charge is 2.37. The van der Waals surface area contributed by atoms with Crippen molar-refractivity contribution in [2.24, 2.45) is 11.8 Å². The Kier molecular flexibility index (Phi) is 3.12. The molecule has 0 aromatic heterocycles. The molecule has 3 saturated carbocycles. The molecule has 0 aromatic rings. The Morgan fingerprint density at radius 1 is 0.778 bits per heavy atom. The fourth-order valence-corrected chi connectivity index (χ4v) is 4.40. The Labute approximate surface area is 111 Å². The van der Waals surface area contributed by atoms with Crippen LogP contribution >= 0.6 is 0 Å². The molecule has 4 fully saturated rings. The van der Waals surface area contributed by atoms with Gasteiger partial charge in [-0.05, 0) is 56.8 Å². The predicted octanol–water partition coefficient (Wildman–Crippen LogP) is 2.78. The van der Waals surface area contributed by atoms with Crippen LogP contribution in [0.5, 0.6) is 0 Å². The van der Waals surface area contributed by atoms with Gasteiger partial charge >= 0.3 is 0 Å². The average molecular weight is 248 g/mol. The highest BCUT2D eigenvalue weighted by Crippen LogP contribution is 2.44. The zero-order valence-corrected chi connectivity index (χ0v) is 11.6. The van der Waals surface area contributed by atoms with Crippen LogP contribution in [0.15, 0.2) is 0 Å². The zero-order chi connectivity index (χ0) is 11.9. The maximum atomic E-state index is 4.00. The molecule has 2 nitrogen and oxygen atoms in total. The molecule has 2 heteroatoms. The van der Waals surface area contributed by atoms with Crippen molar-refractivity contribution in [2.45, 2.75) is 75.9 Å². The van der Waals surface area contributed by atoms with Crippen LogP contribution in [-0.2, 0) is 0 Å². The first-order chi connectivity index (χ1) is 8.88. The second kappa shape index (κ2) is 4.79. The summed E-state index contributed by atoms with van der Waals surface area (Å²) < 4.78 is 0. The molecular formula is C16H28N2.